The number of nitrogens with two attached hydrogens (primary N) is 1. The lowest BCUT2D eigenvalue weighted by Gasteiger charge is -2.11. The Bertz CT molecular complexity index is 438. The minimum absolute atomic E-state index is 0. The van der Waals surface area contributed by atoms with Gasteiger partial charge in [-0.25, -0.2) is 0 Å². The Morgan fingerprint density at radius 3 is 2.71 bits per heavy atom. The molecule has 0 amide bonds. The van der Waals surface area contributed by atoms with E-state index in [4.69, 9.17) is 10.5 Å². The molecule has 0 spiro atoms. The van der Waals surface area contributed by atoms with Crippen LogP contribution in [0.5, 0.6) is 5.75 Å². The summed E-state index contributed by atoms with van der Waals surface area (Å²) < 4.78 is 6.05. The molecule has 2 N–H and O–H groups in total. The second-order valence-corrected chi connectivity index (χ2v) is 4.94. The summed E-state index contributed by atoms with van der Waals surface area (Å²) in [5.74, 6) is 0.268. The fourth-order valence-electron chi connectivity index (χ4n) is 1.28. The number of benzene rings is 1. The van der Waals surface area contributed by atoms with E-state index in [1.54, 1.807) is 12.1 Å². The van der Waals surface area contributed by atoms with Gasteiger partial charge in [0, 0.05) is 10.5 Å². The molecule has 1 saturated carbocycles. The maximum Gasteiger partial charge on any atom is 0.312 e. The van der Waals surface area contributed by atoms with Gasteiger partial charge < -0.3 is 10.5 Å². The molecule has 1 aromatic carbocycles. The third kappa shape index (κ3) is 3.55. The van der Waals surface area contributed by atoms with Gasteiger partial charge in [-0.3, -0.25) is 10.1 Å². The first-order chi connectivity index (χ1) is 7.50. The number of nitro benzene ring substituents is 1. The molecular formula is C10H12BrClN2O3. The highest BCUT2D eigenvalue weighted by Gasteiger charge is 2.39. The molecule has 0 saturated heterocycles. The Morgan fingerprint density at radius 1 is 1.53 bits per heavy atom. The van der Waals surface area contributed by atoms with Crippen LogP contribution >= 0.6 is 28.3 Å². The number of nitrogens with zero attached hydrogens (tertiary/aromatic N) is 1. The normalized spacial score (nSPS) is 15.9. The van der Waals surface area contributed by atoms with Crippen LogP contribution in [0.2, 0.25) is 0 Å². The molecule has 0 atom stereocenters. The predicted octanol–water partition coefficient (Wildman–Crippen LogP) is 2.65. The van der Waals surface area contributed by atoms with Crippen molar-refractivity contribution in [1.29, 1.82) is 0 Å². The van der Waals surface area contributed by atoms with Crippen LogP contribution in [0.25, 0.3) is 0 Å². The average molecular weight is 324 g/mol. The molecule has 0 radical (unpaired) electrons. The highest BCUT2D eigenvalue weighted by Crippen LogP contribution is 2.35. The molecule has 17 heavy (non-hydrogen) atoms. The van der Waals surface area contributed by atoms with Crippen molar-refractivity contribution in [2.24, 2.45) is 5.73 Å². The fourth-order valence-corrected chi connectivity index (χ4v) is 1.63. The third-order valence-electron chi connectivity index (χ3n) is 2.53. The zero-order chi connectivity index (χ0) is 11.8. The van der Waals surface area contributed by atoms with Gasteiger partial charge in [0.2, 0.25) is 0 Å². The summed E-state index contributed by atoms with van der Waals surface area (Å²) in [4.78, 5) is 10.3. The van der Waals surface area contributed by atoms with Crippen molar-refractivity contribution >= 4 is 34.0 Å². The Morgan fingerprint density at radius 2 is 2.18 bits per heavy atom. The van der Waals surface area contributed by atoms with Crippen LogP contribution in [0, 0.1) is 10.1 Å². The van der Waals surface area contributed by atoms with E-state index < -0.39 is 4.92 Å². The van der Waals surface area contributed by atoms with Gasteiger partial charge in [0.15, 0.2) is 5.75 Å². The number of hydrogen-bond acceptors (Lipinski definition) is 4. The van der Waals surface area contributed by atoms with E-state index in [0.717, 1.165) is 12.8 Å². The number of halogens is 2. The Kier molecular flexibility index (Phi) is 4.35. The van der Waals surface area contributed by atoms with Crippen LogP contribution < -0.4 is 10.5 Å². The van der Waals surface area contributed by atoms with E-state index in [1.165, 1.54) is 6.07 Å². The van der Waals surface area contributed by atoms with Gasteiger partial charge in [0.05, 0.1) is 10.5 Å². The predicted molar refractivity (Wildman–Crippen MR) is 69.7 cm³/mol. The van der Waals surface area contributed by atoms with Crippen molar-refractivity contribution in [3.8, 4) is 5.75 Å². The van der Waals surface area contributed by atoms with Crippen molar-refractivity contribution in [1.82, 2.24) is 0 Å². The van der Waals surface area contributed by atoms with E-state index in [0.29, 0.717) is 11.1 Å². The number of ether oxygens (including phenoxy) is 1. The smallest absolute Gasteiger partial charge is 0.312 e. The van der Waals surface area contributed by atoms with E-state index in [2.05, 4.69) is 15.9 Å². The van der Waals surface area contributed by atoms with E-state index in [9.17, 15) is 10.1 Å². The molecule has 2 rings (SSSR count). The monoisotopic (exact) mass is 322 g/mol. The first-order valence-electron chi connectivity index (χ1n) is 4.86. The maximum absolute atomic E-state index is 10.8. The summed E-state index contributed by atoms with van der Waals surface area (Å²) in [7, 11) is 0. The topological polar surface area (TPSA) is 78.4 Å². The van der Waals surface area contributed by atoms with Crippen LogP contribution in [-0.2, 0) is 0 Å². The molecular weight excluding hydrogens is 311 g/mol. The minimum atomic E-state index is -0.462. The first kappa shape index (κ1) is 14.2. The number of hydrogen-bond donors (Lipinski definition) is 1. The van der Waals surface area contributed by atoms with E-state index in [1.807, 2.05) is 0 Å². The largest absolute Gasteiger partial charge is 0.485 e. The number of rotatable bonds is 4. The van der Waals surface area contributed by atoms with Crippen LogP contribution in [0.3, 0.4) is 0 Å². The molecule has 1 aliphatic carbocycles. The lowest BCUT2D eigenvalue weighted by molar-refractivity contribution is -0.386. The van der Waals surface area contributed by atoms with Gasteiger partial charge in [-0.2, -0.15) is 0 Å². The molecule has 94 valence electrons. The second-order valence-electron chi connectivity index (χ2n) is 4.02. The summed E-state index contributed by atoms with van der Waals surface area (Å²) in [5.41, 5.74) is 5.53. The highest BCUT2D eigenvalue weighted by molar-refractivity contribution is 9.10. The lowest BCUT2D eigenvalue weighted by Crippen LogP contribution is -2.29. The summed E-state index contributed by atoms with van der Waals surface area (Å²) >= 11 is 3.18. The Hall–Kier alpha value is -0.850. The van der Waals surface area contributed by atoms with E-state index in [-0.39, 0.29) is 29.4 Å². The SMILES string of the molecule is Cl.NC1(COc2ccc(Br)cc2[N+](=O)[O-])CC1. The van der Waals surface area contributed by atoms with Crippen molar-refractivity contribution in [3.05, 3.63) is 32.8 Å². The summed E-state index contributed by atoms with van der Waals surface area (Å²) in [6.45, 7) is 0.329. The standard InChI is InChI=1S/C10H11BrN2O3.ClH/c11-7-1-2-9(8(5-7)13(14)15)16-6-10(12)3-4-10;/h1-2,5H,3-4,6,12H2;1H. The van der Waals surface area contributed by atoms with Gasteiger partial charge in [-0.1, -0.05) is 15.9 Å². The van der Waals surface area contributed by atoms with Crippen molar-refractivity contribution in [2.75, 3.05) is 6.61 Å². The van der Waals surface area contributed by atoms with Crippen molar-refractivity contribution in [3.63, 3.8) is 0 Å². The van der Waals surface area contributed by atoms with Crippen LogP contribution in [0.4, 0.5) is 5.69 Å². The quantitative estimate of drug-likeness (QED) is 0.682. The molecule has 0 unspecified atom stereocenters. The molecule has 0 bridgehead atoms. The van der Waals surface area contributed by atoms with Gasteiger partial charge in [0.1, 0.15) is 6.61 Å². The molecule has 1 aliphatic rings. The first-order valence-corrected chi connectivity index (χ1v) is 5.65. The number of nitro groups is 1. The fraction of sp³-hybridized carbons (Fsp3) is 0.400. The van der Waals surface area contributed by atoms with Gasteiger partial charge in [-0.05, 0) is 25.0 Å². The van der Waals surface area contributed by atoms with Gasteiger partial charge in [0.25, 0.3) is 0 Å². The van der Waals surface area contributed by atoms with Crippen LogP contribution in [0.15, 0.2) is 22.7 Å². The minimum Gasteiger partial charge on any atom is -0.485 e. The Balaban J connectivity index is 0.00000144. The molecule has 0 aliphatic heterocycles. The average Bonchev–Trinajstić information content (AvgIpc) is 2.95. The zero-order valence-corrected chi connectivity index (χ0v) is 11.3. The van der Waals surface area contributed by atoms with Crippen molar-refractivity contribution < 1.29 is 9.66 Å². The molecule has 0 aromatic heterocycles. The second kappa shape index (κ2) is 5.20. The molecule has 1 fully saturated rings. The van der Waals surface area contributed by atoms with Gasteiger partial charge >= 0.3 is 5.69 Å². The summed E-state index contributed by atoms with van der Waals surface area (Å²) in [6, 6.07) is 4.71. The van der Waals surface area contributed by atoms with E-state index >= 15 is 0 Å². The molecule has 5 nitrogen and oxygen atoms in total. The lowest BCUT2D eigenvalue weighted by atomic mass is 10.3. The van der Waals surface area contributed by atoms with Gasteiger partial charge in [-0.15, -0.1) is 12.4 Å². The summed E-state index contributed by atoms with van der Waals surface area (Å²) in [6.07, 6.45) is 1.83. The molecule has 7 heteroatoms. The summed E-state index contributed by atoms with van der Waals surface area (Å²) in [5, 5.41) is 10.8. The molecule has 0 heterocycles. The molecule has 1 aromatic rings. The van der Waals surface area contributed by atoms with Crippen LogP contribution in [-0.4, -0.2) is 17.1 Å². The maximum atomic E-state index is 10.8. The third-order valence-corrected chi connectivity index (χ3v) is 3.02. The van der Waals surface area contributed by atoms with Crippen LogP contribution in [0.1, 0.15) is 12.8 Å². The highest BCUT2D eigenvalue weighted by atomic mass is 79.9. The Labute approximate surface area is 113 Å². The zero-order valence-electron chi connectivity index (χ0n) is 8.89. The van der Waals surface area contributed by atoms with Crippen molar-refractivity contribution in [2.45, 2.75) is 18.4 Å².